The third-order valence-electron chi connectivity index (χ3n) is 3.82. The van der Waals surface area contributed by atoms with E-state index in [-0.39, 0.29) is 25.2 Å². The Balaban J connectivity index is 1.89. The minimum absolute atomic E-state index is 0.163. The standard InChI is InChI=1S/C17H19Cl2F3N4O2/c1-3-12-15(19)16(17(20,21)22)25-26(12)9-14(27)24-7-6-23-10-4-5-11(18)13(8-10)28-2/h4-5,8,23H,3,6-7,9H2,1-2H3,(H,24,27). The van der Waals surface area contributed by atoms with Gasteiger partial charge in [0, 0.05) is 24.8 Å². The molecular formula is C17H19Cl2F3N4O2. The van der Waals surface area contributed by atoms with Crippen molar-refractivity contribution in [2.75, 3.05) is 25.5 Å². The number of carbonyl (C=O) groups is 1. The van der Waals surface area contributed by atoms with Gasteiger partial charge in [-0.05, 0) is 18.6 Å². The van der Waals surface area contributed by atoms with E-state index >= 15 is 0 Å². The summed E-state index contributed by atoms with van der Waals surface area (Å²) >= 11 is 11.7. The fourth-order valence-electron chi connectivity index (χ4n) is 2.50. The number of nitrogens with zero attached hydrogens (tertiary/aromatic N) is 2. The van der Waals surface area contributed by atoms with E-state index in [4.69, 9.17) is 27.9 Å². The Morgan fingerprint density at radius 2 is 2.00 bits per heavy atom. The van der Waals surface area contributed by atoms with Gasteiger partial charge in [0.1, 0.15) is 12.3 Å². The fourth-order valence-corrected chi connectivity index (χ4v) is 3.07. The smallest absolute Gasteiger partial charge is 0.436 e. The maximum Gasteiger partial charge on any atom is 0.436 e. The molecule has 1 aromatic heterocycles. The van der Waals surface area contributed by atoms with Crippen molar-refractivity contribution in [3.05, 3.63) is 39.6 Å². The monoisotopic (exact) mass is 438 g/mol. The van der Waals surface area contributed by atoms with E-state index in [2.05, 4.69) is 15.7 Å². The lowest BCUT2D eigenvalue weighted by atomic mass is 10.3. The Bertz CT molecular complexity index is 841. The highest BCUT2D eigenvalue weighted by atomic mass is 35.5. The number of hydrogen-bond donors (Lipinski definition) is 2. The minimum Gasteiger partial charge on any atom is -0.495 e. The van der Waals surface area contributed by atoms with Gasteiger partial charge in [-0.1, -0.05) is 30.1 Å². The van der Waals surface area contributed by atoms with E-state index in [0.717, 1.165) is 10.4 Å². The highest BCUT2D eigenvalue weighted by molar-refractivity contribution is 6.32. The minimum atomic E-state index is -4.67. The van der Waals surface area contributed by atoms with Crippen LogP contribution in [0.15, 0.2) is 18.2 Å². The number of ether oxygens (including phenoxy) is 1. The summed E-state index contributed by atoms with van der Waals surface area (Å²) in [5, 5.41) is 9.15. The zero-order valence-electron chi connectivity index (χ0n) is 15.2. The summed E-state index contributed by atoms with van der Waals surface area (Å²) in [5.41, 5.74) is -0.273. The van der Waals surface area contributed by atoms with Gasteiger partial charge in [0.15, 0.2) is 5.69 Å². The first-order valence-corrected chi connectivity index (χ1v) is 9.09. The summed E-state index contributed by atoms with van der Waals surface area (Å²) in [7, 11) is 1.50. The molecule has 2 N–H and O–H groups in total. The molecule has 0 atom stereocenters. The van der Waals surface area contributed by atoms with E-state index in [1.807, 2.05) is 0 Å². The molecule has 1 heterocycles. The van der Waals surface area contributed by atoms with Crippen molar-refractivity contribution >= 4 is 34.8 Å². The Kier molecular flexibility index (Phi) is 7.42. The molecule has 0 saturated carbocycles. The second-order valence-electron chi connectivity index (χ2n) is 5.74. The first-order chi connectivity index (χ1) is 13.2. The molecule has 154 valence electrons. The number of benzene rings is 1. The molecule has 1 amide bonds. The molecule has 2 aromatic rings. The number of nitrogens with one attached hydrogen (secondary N) is 2. The maximum atomic E-state index is 12.9. The quantitative estimate of drug-likeness (QED) is 0.611. The zero-order valence-corrected chi connectivity index (χ0v) is 16.7. The van der Waals surface area contributed by atoms with Crippen LogP contribution in [0.3, 0.4) is 0 Å². The third kappa shape index (κ3) is 5.45. The predicted octanol–water partition coefficient (Wildman–Crippen LogP) is 4.01. The van der Waals surface area contributed by atoms with Crippen LogP contribution in [0.5, 0.6) is 5.75 Å². The molecule has 0 bridgehead atoms. The Hall–Kier alpha value is -2.13. The normalized spacial score (nSPS) is 11.4. The van der Waals surface area contributed by atoms with Crippen LogP contribution in [0.2, 0.25) is 10.0 Å². The molecule has 1 aromatic carbocycles. The van der Waals surface area contributed by atoms with Crippen LogP contribution in [-0.2, 0) is 23.9 Å². The first-order valence-electron chi connectivity index (χ1n) is 8.33. The van der Waals surface area contributed by atoms with Crippen molar-refractivity contribution in [2.45, 2.75) is 26.1 Å². The van der Waals surface area contributed by atoms with Crippen molar-refractivity contribution in [2.24, 2.45) is 0 Å². The van der Waals surface area contributed by atoms with Gasteiger partial charge in [0.05, 0.1) is 22.8 Å². The SMILES string of the molecule is CCc1c(Cl)c(C(F)(F)F)nn1CC(=O)NCCNc1ccc(Cl)c(OC)c1. The van der Waals surface area contributed by atoms with Gasteiger partial charge in [-0.25, -0.2) is 0 Å². The summed E-state index contributed by atoms with van der Waals surface area (Å²) in [6, 6.07) is 5.14. The maximum absolute atomic E-state index is 12.9. The number of hydrogen-bond acceptors (Lipinski definition) is 4. The first kappa shape index (κ1) is 22.2. The summed E-state index contributed by atoms with van der Waals surface area (Å²) in [5.74, 6) is 0.0388. The van der Waals surface area contributed by atoms with Gasteiger partial charge in [0.25, 0.3) is 0 Å². The lowest BCUT2D eigenvalue weighted by Crippen LogP contribution is -2.32. The third-order valence-corrected chi connectivity index (χ3v) is 4.53. The average molecular weight is 439 g/mol. The van der Waals surface area contributed by atoms with Gasteiger partial charge >= 0.3 is 6.18 Å². The van der Waals surface area contributed by atoms with Crippen LogP contribution in [0.4, 0.5) is 18.9 Å². The molecule has 0 aliphatic rings. The van der Waals surface area contributed by atoms with Crippen molar-refractivity contribution in [1.29, 1.82) is 0 Å². The summed E-state index contributed by atoms with van der Waals surface area (Å²) in [6.45, 7) is 1.94. The van der Waals surface area contributed by atoms with Crippen molar-refractivity contribution in [3.63, 3.8) is 0 Å². The van der Waals surface area contributed by atoms with Crippen LogP contribution in [0.1, 0.15) is 18.3 Å². The predicted molar refractivity (Wildman–Crippen MR) is 101 cm³/mol. The molecule has 0 unspecified atom stereocenters. The highest BCUT2D eigenvalue weighted by Crippen LogP contribution is 2.35. The highest BCUT2D eigenvalue weighted by Gasteiger charge is 2.38. The number of carbonyl (C=O) groups excluding carboxylic acids is 1. The number of halogens is 5. The van der Waals surface area contributed by atoms with Gasteiger partial charge in [0.2, 0.25) is 5.91 Å². The summed E-state index contributed by atoms with van der Waals surface area (Å²) in [6.07, 6.45) is -4.46. The molecule has 28 heavy (non-hydrogen) atoms. The van der Waals surface area contributed by atoms with E-state index in [1.54, 1.807) is 25.1 Å². The van der Waals surface area contributed by atoms with Gasteiger partial charge < -0.3 is 15.4 Å². The van der Waals surface area contributed by atoms with E-state index in [1.165, 1.54) is 7.11 Å². The largest absolute Gasteiger partial charge is 0.495 e. The molecule has 0 aliphatic carbocycles. The molecule has 0 spiro atoms. The molecule has 0 radical (unpaired) electrons. The number of alkyl halides is 3. The summed E-state index contributed by atoms with van der Waals surface area (Å²) < 4.78 is 44.9. The van der Waals surface area contributed by atoms with Gasteiger partial charge in [-0.3, -0.25) is 9.48 Å². The van der Waals surface area contributed by atoms with Crippen LogP contribution in [0.25, 0.3) is 0 Å². The van der Waals surface area contributed by atoms with Crippen LogP contribution >= 0.6 is 23.2 Å². The second-order valence-corrected chi connectivity index (χ2v) is 6.53. The Labute approximate surface area is 169 Å². The lowest BCUT2D eigenvalue weighted by Gasteiger charge is -2.11. The van der Waals surface area contributed by atoms with Crippen molar-refractivity contribution in [1.82, 2.24) is 15.1 Å². The number of methoxy groups -OCH3 is 1. The lowest BCUT2D eigenvalue weighted by molar-refractivity contribution is -0.141. The van der Waals surface area contributed by atoms with Crippen LogP contribution < -0.4 is 15.4 Å². The van der Waals surface area contributed by atoms with E-state index in [0.29, 0.717) is 17.3 Å². The molecule has 0 aliphatic heterocycles. The van der Waals surface area contributed by atoms with Crippen molar-refractivity contribution < 1.29 is 22.7 Å². The molecular weight excluding hydrogens is 420 g/mol. The number of anilines is 1. The number of rotatable bonds is 8. The second kappa shape index (κ2) is 9.38. The number of aromatic nitrogens is 2. The number of amides is 1. The Morgan fingerprint density at radius 3 is 2.61 bits per heavy atom. The van der Waals surface area contributed by atoms with Gasteiger partial charge in [-0.2, -0.15) is 18.3 Å². The van der Waals surface area contributed by atoms with Crippen LogP contribution in [-0.4, -0.2) is 35.9 Å². The molecule has 0 saturated heterocycles. The Morgan fingerprint density at radius 1 is 1.29 bits per heavy atom. The fraction of sp³-hybridized carbons (Fsp3) is 0.412. The molecule has 2 rings (SSSR count). The van der Waals surface area contributed by atoms with E-state index in [9.17, 15) is 18.0 Å². The van der Waals surface area contributed by atoms with Gasteiger partial charge in [-0.15, -0.1) is 0 Å². The zero-order chi connectivity index (χ0) is 20.9. The van der Waals surface area contributed by atoms with E-state index < -0.39 is 22.8 Å². The average Bonchev–Trinajstić information content (AvgIpc) is 2.95. The van der Waals surface area contributed by atoms with Crippen LogP contribution in [0, 0.1) is 0 Å². The summed E-state index contributed by atoms with van der Waals surface area (Å²) in [4.78, 5) is 12.0. The van der Waals surface area contributed by atoms with Crippen molar-refractivity contribution in [3.8, 4) is 5.75 Å². The molecule has 11 heteroatoms. The molecule has 6 nitrogen and oxygen atoms in total. The molecule has 0 fully saturated rings. The topological polar surface area (TPSA) is 68.2 Å².